The van der Waals surface area contributed by atoms with Crippen molar-refractivity contribution in [3.8, 4) is 44.5 Å². The molecule has 0 heterocycles. The molecule has 0 unspecified atom stereocenters. The smallest absolute Gasteiger partial charge is 0.0546 e. The maximum atomic E-state index is 2.44. The average molecular weight is 740 g/mol. The van der Waals surface area contributed by atoms with Crippen LogP contribution in [0.5, 0.6) is 0 Å². The highest BCUT2D eigenvalue weighted by Crippen LogP contribution is 2.52. The van der Waals surface area contributed by atoms with Crippen LogP contribution in [0.1, 0.15) is 25.0 Å². The summed E-state index contributed by atoms with van der Waals surface area (Å²) in [5, 5.41) is 7.62. The molecule has 0 fully saturated rings. The minimum Gasteiger partial charge on any atom is -0.310 e. The number of hydrogen-bond acceptors (Lipinski definition) is 1. The quantitative estimate of drug-likeness (QED) is 0.154. The standard InChI is InChI=1S/C57H41N/c1-57(2)52-35-29-43(36-51(52)56-48(41-16-7-4-8-17-41)34-28-42-19-13-23-53(57)55(42)56)40-26-32-46(33-27-40)58(45-30-24-39(25-31-45)38-14-5-3-6-15-38)54-37-44-18-9-10-20-47(44)49-21-11-12-22-50(49)54/h3-37H,1-2H3. The number of nitrogens with zero attached hydrogens (tertiary/aromatic N) is 1. The molecule has 0 radical (unpaired) electrons. The summed E-state index contributed by atoms with van der Waals surface area (Å²) in [6, 6.07) is 78.1. The van der Waals surface area contributed by atoms with Gasteiger partial charge in [-0.25, -0.2) is 0 Å². The SMILES string of the molecule is CC1(C)c2ccc(-c3ccc(N(c4ccc(-c5ccccc5)cc4)c4cc5ccccc5c5ccccc45)cc3)cc2-c2c(-c3ccccc3)ccc3cccc1c23. The Morgan fingerprint density at radius 1 is 0.345 bits per heavy atom. The highest BCUT2D eigenvalue weighted by Gasteiger charge is 2.35. The van der Waals surface area contributed by atoms with Crippen LogP contribution >= 0.6 is 0 Å². The van der Waals surface area contributed by atoms with Crippen LogP contribution in [0.3, 0.4) is 0 Å². The molecule has 10 aromatic rings. The van der Waals surface area contributed by atoms with Crippen molar-refractivity contribution in [2.24, 2.45) is 0 Å². The van der Waals surface area contributed by atoms with E-state index in [0.29, 0.717) is 0 Å². The van der Waals surface area contributed by atoms with Crippen LogP contribution in [-0.4, -0.2) is 0 Å². The second kappa shape index (κ2) is 13.5. The Bertz CT molecular complexity index is 3160. The van der Waals surface area contributed by atoms with Crippen molar-refractivity contribution >= 4 is 49.4 Å². The van der Waals surface area contributed by atoms with E-state index < -0.39 is 0 Å². The van der Waals surface area contributed by atoms with Crippen molar-refractivity contribution in [3.05, 3.63) is 223 Å². The van der Waals surface area contributed by atoms with E-state index in [9.17, 15) is 0 Å². The van der Waals surface area contributed by atoms with Crippen LogP contribution in [-0.2, 0) is 5.41 Å². The molecular weight excluding hydrogens is 699 g/mol. The molecule has 10 aromatic carbocycles. The fourth-order valence-electron chi connectivity index (χ4n) is 9.54. The fourth-order valence-corrected chi connectivity index (χ4v) is 9.54. The second-order valence-electron chi connectivity index (χ2n) is 16.1. The van der Waals surface area contributed by atoms with Gasteiger partial charge in [-0.3, -0.25) is 0 Å². The van der Waals surface area contributed by atoms with Gasteiger partial charge in [0.2, 0.25) is 0 Å². The molecule has 1 aliphatic rings. The molecule has 1 heteroatoms. The zero-order chi connectivity index (χ0) is 38.8. The van der Waals surface area contributed by atoms with E-state index in [4.69, 9.17) is 0 Å². The van der Waals surface area contributed by atoms with E-state index in [0.717, 1.165) is 17.1 Å². The van der Waals surface area contributed by atoms with E-state index in [-0.39, 0.29) is 5.41 Å². The minimum absolute atomic E-state index is 0.140. The lowest BCUT2D eigenvalue weighted by Gasteiger charge is -2.36. The van der Waals surface area contributed by atoms with Gasteiger partial charge < -0.3 is 4.90 Å². The predicted molar refractivity (Wildman–Crippen MR) is 248 cm³/mol. The monoisotopic (exact) mass is 739 g/mol. The summed E-state index contributed by atoms with van der Waals surface area (Å²) in [6.07, 6.45) is 0. The normalized spacial score (nSPS) is 12.8. The topological polar surface area (TPSA) is 3.24 Å². The maximum Gasteiger partial charge on any atom is 0.0546 e. The lowest BCUT2D eigenvalue weighted by atomic mass is 9.67. The third kappa shape index (κ3) is 5.46. The van der Waals surface area contributed by atoms with Crippen molar-refractivity contribution in [1.82, 2.24) is 0 Å². The summed E-state index contributed by atoms with van der Waals surface area (Å²) < 4.78 is 0. The number of hydrogen-bond donors (Lipinski definition) is 0. The molecule has 0 N–H and O–H groups in total. The number of benzene rings is 10. The molecule has 0 atom stereocenters. The molecule has 0 aromatic heterocycles. The summed E-state index contributed by atoms with van der Waals surface area (Å²) >= 11 is 0. The molecule has 0 bridgehead atoms. The molecule has 11 rings (SSSR count). The van der Waals surface area contributed by atoms with Gasteiger partial charge in [0.1, 0.15) is 0 Å². The first-order chi connectivity index (χ1) is 28.5. The molecular formula is C57H41N. The third-order valence-corrected chi connectivity index (χ3v) is 12.4. The van der Waals surface area contributed by atoms with Gasteiger partial charge in [-0.05, 0) is 119 Å². The van der Waals surface area contributed by atoms with Crippen LogP contribution in [0.15, 0.2) is 212 Å². The van der Waals surface area contributed by atoms with Crippen molar-refractivity contribution in [2.75, 3.05) is 4.90 Å². The second-order valence-corrected chi connectivity index (χ2v) is 16.1. The van der Waals surface area contributed by atoms with E-state index >= 15 is 0 Å². The molecule has 274 valence electrons. The van der Waals surface area contributed by atoms with Gasteiger partial charge in [-0.15, -0.1) is 0 Å². The van der Waals surface area contributed by atoms with Crippen LogP contribution in [0, 0.1) is 0 Å². The number of anilines is 3. The summed E-state index contributed by atoms with van der Waals surface area (Å²) in [5.74, 6) is 0. The zero-order valence-corrected chi connectivity index (χ0v) is 32.7. The highest BCUT2D eigenvalue weighted by atomic mass is 15.1. The molecule has 58 heavy (non-hydrogen) atoms. The molecule has 0 saturated carbocycles. The summed E-state index contributed by atoms with van der Waals surface area (Å²) in [4.78, 5) is 2.42. The summed E-state index contributed by atoms with van der Waals surface area (Å²) in [6.45, 7) is 4.76. The molecule has 0 amide bonds. The number of fused-ring (bicyclic) bond motifs is 5. The van der Waals surface area contributed by atoms with Gasteiger partial charge in [-0.1, -0.05) is 190 Å². The lowest BCUT2D eigenvalue weighted by Crippen LogP contribution is -2.24. The van der Waals surface area contributed by atoms with Crippen molar-refractivity contribution in [2.45, 2.75) is 19.3 Å². The molecule has 1 aliphatic carbocycles. The van der Waals surface area contributed by atoms with Crippen LogP contribution in [0.2, 0.25) is 0 Å². The Balaban J connectivity index is 1.06. The predicted octanol–water partition coefficient (Wildman–Crippen LogP) is 15.9. The van der Waals surface area contributed by atoms with Gasteiger partial charge in [0.25, 0.3) is 0 Å². The van der Waals surface area contributed by atoms with Crippen molar-refractivity contribution in [3.63, 3.8) is 0 Å². The Morgan fingerprint density at radius 3 is 1.60 bits per heavy atom. The van der Waals surface area contributed by atoms with Gasteiger partial charge in [0.05, 0.1) is 5.69 Å². The molecule has 0 aliphatic heterocycles. The Kier molecular flexibility index (Phi) is 7.91. The highest BCUT2D eigenvalue weighted by molar-refractivity contribution is 6.15. The van der Waals surface area contributed by atoms with Crippen LogP contribution in [0.4, 0.5) is 17.1 Å². The van der Waals surface area contributed by atoms with Gasteiger partial charge in [-0.2, -0.15) is 0 Å². The first-order valence-corrected chi connectivity index (χ1v) is 20.3. The van der Waals surface area contributed by atoms with Crippen LogP contribution in [0.25, 0.3) is 76.8 Å². The Labute approximate surface area is 340 Å². The minimum atomic E-state index is -0.140. The summed E-state index contributed by atoms with van der Waals surface area (Å²) in [7, 11) is 0. The van der Waals surface area contributed by atoms with Crippen LogP contribution < -0.4 is 4.90 Å². The van der Waals surface area contributed by atoms with Gasteiger partial charge in [0, 0.05) is 22.2 Å². The van der Waals surface area contributed by atoms with E-state index in [1.807, 2.05) is 0 Å². The van der Waals surface area contributed by atoms with Gasteiger partial charge >= 0.3 is 0 Å². The van der Waals surface area contributed by atoms with E-state index in [1.165, 1.54) is 88.0 Å². The average Bonchev–Trinajstić information content (AvgIpc) is 3.29. The lowest BCUT2D eigenvalue weighted by molar-refractivity contribution is 0.645. The first kappa shape index (κ1) is 34.1. The first-order valence-electron chi connectivity index (χ1n) is 20.3. The largest absolute Gasteiger partial charge is 0.310 e. The third-order valence-electron chi connectivity index (χ3n) is 12.4. The summed E-state index contributed by atoms with van der Waals surface area (Å²) in [5.41, 5.74) is 16.0. The Morgan fingerprint density at radius 2 is 0.897 bits per heavy atom. The Hall–Kier alpha value is -7.22. The van der Waals surface area contributed by atoms with E-state index in [2.05, 4.69) is 231 Å². The zero-order valence-electron chi connectivity index (χ0n) is 32.7. The van der Waals surface area contributed by atoms with Crippen molar-refractivity contribution < 1.29 is 0 Å². The van der Waals surface area contributed by atoms with Crippen molar-refractivity contribution in [1.29, 1.82) is 0 Å². The number of rotatable bonds is 6. The maximum absolute atomic E-state index is 2.44. The van der Waals surface area contributed by atoms with Gasteiger partial charge in [0.15, 0.2) is 0 Å². The molecule has 0 spiro atoms. The van der Waals surface area contributed by atoms with E-state index in [1.54, 1.807) is 0 Å². The fraction of sp³-hybridized carbons (Fsp3) is 0.0526. The molecule has 0 saturated heterocycles. The molecule has 1 nitrogen and oxygen atoms in total.